The first-order valence-electron chi connectivity index (χ1n) is 5.34. The van der Waals surface area contributed by atoms with Crippen LogP contribution in [0.15, 0.2) is 24.3 Å². The van der Waals surface area contributed by atoms with Crippen LogP contribution in [0.3, 0.4) is 0 Å². The first-order chi connectivity index (χ1) is 7.65. The highest BCUT2D eigenvalue weighted by Crippen LogP contribution is 2.22. The highest BCUT2D eigenvalue weighted by atomic mass is 16.5. The molecular weight excluding hydrogens is 206 g/mol. The van der Waals surface area contributed by atoms with Crippen molar-refractivity contribution in [1.82, 2.24) is 0 Å². The zero-order chi connectivity index (χ0) is 11.5. The Balaban J connectivity index is 1.83. The van der Waals surface area contributed by atoms with Gasteiger partial charge in [-0.1, -0.05) is 12.1 Å². The van der Waals surface area contributed by atoms with Gasteiger partial charge < -0.3 is 15.6 Å². The summed E-state index contributed by atoms with van der Waals surface area (Å²) in [6.45, 7) is 0.525. The van der Waals surface area contributed by atoms with E-state index in [2.05, 4.69) is 0 Å². The van der Waals surface area contributed by atoms with Gasteiger partial charge in [0.25, 0.3) is 0 Å². The van der Waals surface area contributed by atoms with Crippen LogP contribution >= 0.6 is 0 Å². The van der Waals surface area contributed by atoms with Gasteiger partial charge in [0.1, 0.15) is 0 Å². The normalized spacial score (nSPS) is 23.8. The Morgan fingerprint density at radius 3 is 2.50 bits per heavy atom. The van der Waals surface area contributed by atoms with Crippen molar-refractivity contribution in [2.45, 2.75) is 31.6 Å². The zero-order valence-electron chi connectivity index (χ0n) is 8.93. The summed E-state index contributed by atoms with van der Waals surface area (Å²) < 4.78 is 5.61. The van der Waals surface area contributed by atoms with Gasteiger partial charge in [0.2, 0.25) is 0 Å². The number of carboxylic acids is 1. The lowest BCUT2D eigenvalue weighted by atomic mass is 9.90. The number of ether oxygens (including phenoxy) is 1. The summed E-state index contributed by atoms with van der Waals surface area (Å²) in [5.74, 6) is -0.905. The highest BCUT2D eigenvalue weighted by Gasteiger charge is 2.26. The molecule has 0 spiro atoms. The van der Waals surface area contributed by atoms with Gasteiger partial charge in [-0.15, -0.1) is 0 Å². The second-order valence-electron chi connectivity index (χ2n) is 4.17. The average molecular weight is 221 g/mol. The minimum absolute atomic E-state index is 0.272. The van der Waals surface area contributed by atoms with Gasteiger partial charge in [0, 0.05) is 6.04 Å². The molecule has 0 saturated heterocycles. The first-order valence-corrected chi connectivity index (χ1v) is 5.34. The average Bonchev–Trinajstić information content (AvgIpc) is 2.23. The summed E-state index contributed by atoms with van der Waals surface area (Å²) in [6, 6.07) is 7.03. The molecule has 4 heteroatoms. The van der Waals surface area contributed by atoms with Crippen molar-refractivity contribution >= 4 is 5.97 Å². The van der Waals surface area contributed by atoms with Crippen LogP contribution in [0.25, 0.3) is 0 Å². The molecule has 0 heterocycles. The summed E-state index contributed by atoms with van der Waals surface area (Å²) in [7, 11) is 0. The number of carbonyl (C=O) groups is 1. The third kappa shape index (κ3) is 2.59. The summed E-state index contributed by atoms with van der Waals surface area (Å²) in [5.41, 5.74) is 6.94. The monoisotopic (exact) mass is 221 g/mol. The molecule has 0 unspecified atom stereocenters. The number of benzene rings is 1. The highest BCUT2D eigenvalue weighted by molar-refractivity contribution is 5.87. The van der Waals surface area contributed by atoms with Gasteiger partial charge in [0.05, 0.1) is 18.3 Å². The summed E-state index contributed by atoms with van der Waals surface area (Å²) in [4.78, 5) is 10.6. The zero-order valence-corrected chi connectivity index (χ0v) is 8.93. The topological polar surface area (TPSA) is 72.5 Å². The molecule has 0 aliphatic heterocycles. The maximum absolute atomic E-state index is 10.6. The largest absolute Gasteiger partial charge is 0.478 e. The molecule has 0 aromatic heterocycles. The van der Waals surface area contributed by atoms with Crippen LogP contribution in [0.5, 0.6) is 0 Å². The Labute approximate surface area is 94.0 Å². The first kappa shape index (κ1) is 11.1. The predicted octanol–water partition coefficient (Wildman–Crippen LogP) is 1.39. The third-order valence-electron chi connectivity index (χ3n) is 2.82. The Hall–Kier alpha value is -1.39. The fourth-order valence-electron chi connectivity index (χ4n) is 1.70. The molecule has 16 heavy (non-hydrogen) atoms. The number of nitrogens with two attached hydrogens (primary N) is 1. The van der Waals surface area contributed by atoms with Crippen molar-refractivity contribution in [3.05, 3.63) is 35.4 Å². The van der Waals surface area contributed by atoms with Crippen molar-refractivity contribution in [3.63, 3.8) is 0 Å². The third-order valence-corrected chi connectivity index (χ3v) is 2.82. The maximum atomic E-state index is 10.6. The van der Waals surface area contributed by atoms with Gasteiger partial charge in [-0.05, 0) is 30.5 Å². The molecule has 0 radical (unpaired) electrons. The molecule has 1 aromatic rings. The van der Waals surface area contributed by atoms with E-state index < -0.39 is 5.97 Å². The standard InChI is InChI=1S/C12H15NO3/c13-10-5-11(6-10)16-7-8-1-3-9(4-2-8)12(14)15/h1-4,10-11H,5-7,13H2,(H,14,15). The van der Waals surface area contributed by atoms with E-state index in [0.717, 1.165) is 18.4 Å². The number of hydrogen-bond donors (Lipinski definition) is 2. The molecule has 2 rings (SSSR count). The fourth-order valence-corrected chi connectivity index (χ4v) is 1.70. The second kappa shape index (κ2) is 4.63. The summed E-state index contributed by atoms with van der Waals surface area (Å²) in [6.07, 6.45) is 2.12. The van der Waals surface area contributed by atoms with E-state index in [1.807, 2.05) is 0 Å². The van der Waals surface area contributed by atoms with Crippen molar-refractivity contribution in [3.8, 4) is 0 Å². The molecule has 0 bridgehead atoms. The van der Waals surface area contributed by atoms with Crippen LogP contribution in [-0.4, -0.2) is 23.2 Å². The van der Waals surface area contributed by atoms with Gasteiger partial charge >= 0.3 is 5.97 Å². The fraction of sp³-hybridized carbons (Fsp3) is 0.417. The molecule has 3 N–H and O–H groups in total. The van der Waals surface area contributed by atoms with E-state index in [0.29, 0.717) is 18.2 Å². The number of carboxylic acid groups (broad SMARTS) is 1. The van der Waals surface area contributed by atoms with Gasteiger partial charge in [-0.3, -0.25) is 0 Å². The second-order valence-corrected chi connectivity index (χ2v) is 4.17. The minimum atomic E-state index is -0.905. The lowest BCUT2D eigenvalue weighted by molar-refractivity contribution is -0.0188. The summed E-state index contributed by atoms with van der Waals surface area (Å²) in [5, 5.41) is 8.73. The van der Waals surface area contributed by atoms with E-state index in [-0.39, 0.29) is 6.10 Å². The molecule has 4 nitrogen and oxygen atoms in total. The van der Waals surface area contributed by atoms with E-state index in [1.165, 1.54) is 0 Å². The molecule has 1 aliphatic rings. The predicted molar refractivity (Wildman–Crippen MR) is 59.2 cm³/mol. The quantitative estimate of drug-likeness (QED) is 0.805. The van der Waals surface area contributed by atoms with Crippen molar-refractivity contribution in [1.29, 1.82) is 0 Å². The Kier molecular flexibility index (Phi) is 3.22. The number of aromatic carboxylic acids is 1. The van der Waals surface area contributed by atoms with Gasteiger partial charge in [0.15, 0.2) is 0 Å². The van der Waals surface area contributed by atoms with Gasteiger partial charge in [-0.2, -0.15) is 0 Å². The van der Waals surface area contributed by atoms with E-state index in [9.17, 15) is 4.79 Å². The smallest absolute Gasteiger partial charge is 0.335 e. The molecule has 0 amide bonds. The van der Waals surface area contributed by atoms with Crippen LogP contribution in [0, 0.1) is 0 Å². The molecular formula is C12H15NO3. The van der Waals surface area contributed by atoms with Crippen molar-refractivity contribution in [2.24, 2.45) is 5.73 Å². The Bertz CT molecular complexity index is 368. The maximum Gasteiger partial charge on any atom is 0.335 e. The van der Waals surface area contributed by atoms with Crippen molar-refractivity contribution in [2.75, 3.05) is 0 Å². The van der Waals surface area contributed by atoms with E-state index in [4.69, 9.17) is 15.6 Å². The number of hydrogen-bond acceptors (Lipinski definition) is 3. The molecule has 1 aliphatic carbocycles. The molecule has 1 fully saturated rings. The van der Waals surface area contributed by atoms with Crippen molar-refractivity contribution < 1.29 is 14.6 Å². The van der Waals surface area contributed by atoms with E-state index in [1.54, 1.807) is 24.3 Å². The Morgan fingerprint density at radius 2 is 2.00 bits per heavy atom. The summed E-state index contributed by atoms with van der Waals surface area (Å²) >= 11 is 0. The lowest BCUT2D eigenvalue weighted by Crippen LogP contribution is -2.41. The van der Waals surface area contributed by atoms with Crippen LogP contribution in [0.4, 0.5) is 0 Å². The van der Waals surface area contributed by atoms with Crippen LogP contribution in [-0.2, 0) is 11.3 Å². The lowest BCUT2D eigenvalue weighted by Gasteiger charge is -2.32. The Morgan fingerprint density at radius 1 is 1.38 bits per heavy atom. The van der Waals surface area contributed by atoms with Crippen LogP contribution in [0.2, 0.25) is 0 Å². The van der Waals surface area contributed by atoms with Gasteiger partial charge in [-0.25, -0.2) is 4.79 Å². The molecule has 1 saturated carbocycles. The SMILES string of the molecule is NC1CC(OCc2ccc(C(=O)O)cc2)C1. The molecule has 1 aromatic carbocycles. The van der Waals surface area contributed by atoms with E-state index >= 15 is 0 Å². The number of rotatable bonds is 4. The van der Waals surface area contributed by atoms with Crippen LogP contribution in [0.1, 0.15) is 28.8 Å². The minimum Gasteiger partial charge on any atom is -0.478 e. The van der Waals surface area contributed by atoms with Crippen LogP contribution < -0.4 is 5.73 Å². The molecule has 0 atom stereocenters. The molecule has 86 valence electrons.